The highest BCUT2D eigenvalue weighted by molar-refractivity contribution is 5.84. The summed E-state index contributed by atoms with van der Waals surface area (Å²) in [6.07, 6.45) is 4.39. The van der Waals surface area contributed by atoms with Crippen molar-refractivity contribution in [2.24, 2.45) is 0 Å². The minimum absolute atomic E-state index is 0.182. The molecule has 1 saturated carbocycles. The predicted molar refractivity (Wildman–Crippen MR) is 69.7 cm³/mol. The van der Waals surface area contributed by atoms with E-state index in [4.69, 9.17) is 9.47 Å². The first kappa shape index (κ1) is 12.3. The van der Waals surface area contributed by atoms with E-state index in [2.05, 4.69) is 0 Å². The maximum Gasteiger partial charge on any atom is 0.314 e. The lowest BCUT2D eigenvalue weighted by molar-refractivity contribution is -0.145. The second-order valence-corrected chi connectivity index (χ2v) is 5.44. The fourth-order valence-electron chi connectivity index (χ4n) is 3.39. The van der Waals surface area contributed by atoms with Gasteiger partial charge in [-0.2, -0.15) is 0 Å². The van der Waals surface area contributed by atoms with Crippen molar-refractivity contribution in [3.05, 3.63) is 23.3 Å². The van der Waals surface area contributed by atoms with Gasteiger partial charge in [0.05, 0.1) is 5.41 Å². The predicted octanol–water partition coefficient (Wildman–Crippen LogP) is 3.01. The van der Waals surface area contributed by atoms with Gasteiger partial charge in [0.15, 0.2) is 11.5 Å². The van der Waals surface area contributed by atoms with Crippen molar-refractivity contribution in [1.82, 2.24) is 0 Å². The second-order valence-electron chi connectivity index (χ2n) is 5.44. The van der Waals surface area contributed by atoms with E-state index in [0.717, 1.165) is 30.4 Å². The van der Waals surface area contributed by atoms with Crippen molar-refractivity contribution in [3.8, 4) is 11.5 Å². The van der Waals surface area contributed by atoms with Gasteiger partial charge in [0, 0.05) is 5.56 Å². The second kappa shape index (κ2) is 4.44. The lowest BCUT2D eigenvalue weighted by atomic mass is 9.68. The average molecular weight is 262 g/mol. The molecular formula is C15H18O4. The van der Waals surface area contributed by atoms with Gasteiger partial charge in [-0.1, -0.05) is 25.3 Å². The molecule has 1 aromatic rings. The van der Waals surface area contributed by atoms with Crippen LogP contribution in [0.3, 0.4) is 0 Å². The van der Waals surface area contributed by atoms with Crippen molar-refractivity contribution < 1.29 is 19.4 Å². The molecule has 102 valence electrons. The molecule has 0 amide bonds. The average Bonchev–Trinajstić information content (AvgIpc) is 2.87. The van der Waals surface area contributed by atoms with Crippen molar-refractivity contribution in [1.29, 1.82) is 0 Å². The Morgan fingerprint density at radius 3 is 2.63 bits per heavy atom. The summed E-state index contributed by atoms with van der Waals surface area (Å²) in [5.74, 6) is 0.579. The van der Waals surface area contributed by atoms with Gasteiger partial charge in [-0.15, -0.1) is 0 Å². The summed E-state index contributed by atoms with van der Waals surface area (Å²) < 4.78 is 10.9. The van der Waals surface area contributed by atoms with E-state index in [0.29, 0.717) is 24.3 Å². The van der Waals surface area contributed by atoms with Crippen molar-refractivity contribution in [2.45, 2.75) is 44.4 Å². The normalized spacial score (nSPS) is 20.3. The number of benzene rings is 1. The number of hydrogen-bond donors (Lipinski definition) is 1. The SMILES string of the molecule is Cc1ccc2c(c1C1(C(=O)O)CCCCC1)OCO2. The summed E-state index contributed by atoms with van der Waals surface area (Å²) in [6.45, 7) is 2.14. The van der Waals surface area contributed by atoms with Crippen LogP contribution in [0, 0.1) is 6.92 Å². The van der Waals surface area contributed by atoms with Gasteiger partial charge in [-0.3, -0.25) is 4.79 Å². The zero-order valence-electron chi connectivity index (χ0n) is 11.1. The molecule has 0 radical (unpaired) electrons. The van der Waals surface area contributed by atoms with E-state index in [1.807, 2.05) is 19.1 Å². The molecule has 1 heterocycles. The molecule has 0 unspecified atom stereocenters. The molecule has 0 aromatic heterocycles. The third-order valence-corrected chi connectivity index (χ3v) is 4.34. The first-order valence-electron chi connectivity index (χ1n) is 6.78. The summed E-state index contributed by atoms with van der Waals surface area (Å²) >= 11 is 0. The molecule has 0 bridgehead atoms. The fourth-order valence-corrected chi connectivity index (χ4v) is 3.39. The molecule has 4 heteroatoms. The zero-order chi connectivity index (χ0) is 13.5. The van der Waals surface area contributed by atoms with Gasteiger partial charge in [-0.25, -0.2) is 0 Å². The lowest BCUT2D eigenvalue weighted by Crippen LogP contribution is -2.38. The minimum Gasteiger partial charge on any atom is -0.481 e. The van der Waals surface area contributed by atoms with Crippen molar-refractivity contribution in [3.63, 3.8) is 0 Å². The molecular weight excluding hydrogens is 244 g/mol. The van der Waals surface area contributed by atoms with Gasteiger partial charge >= 0.3 is 5.97 Å². The third kappa shape index (κ3) is 1.78. The Bertz CT molecular complexity index is 515. The number of carboxylic acids is 1. The number of carbonyl (C=O) groups is 1. The molecule has 1 aromatic carbocycles. The van der Waals surface area contributed by atoms with Crippen LogP contribution < -0.4 is 9.47 Å². The van der Waals surface area contributed by atoms with E-state index < -0.39 is 11.4 Å². The maximum atomic E-state index is 11.9. The first-order valence-corrected chi connectivity index (χ1v) is 6.78. The number of hydrogen-bond acceptors (Lipinski definition) is 3. The lowest BCUT2D eigenvalue weighted by Gasteiger charge is -2.35. The number of fused-ring (bicyclic) bond motifs is 1. The van der Waals surface area contributed by atoms with Crippen LogP contribution in [0.1, 0.15) is 43.2 Å². The summed E-state index contributed by atoms with van der Waals surface area (Å²) in [6, 6.07) is 3.79. The third-order valence-electron chi connectivity index (χ3n) is 4.34. The Morgan fingerprint density at radius 2 is 1.95 bits per heavy atom. The molecule has 1 fully saturated rings. The van der Waals surface area contributed by atoms with Gasteiger partial charge in [0.25, 0.3) is 0 Å². The largest absolute Gasteiger partial charge is 0.481 e. The quantitative estimate of drug-likeness (QED) is 0.890. The van der Waals surface area contributed by atoms with Crippen LogP contribution in [-0.2, 0) is 10.2 Å². The standard InChI is InChI=1S/C15H18O4/c1-10-5-6-11-13(19-9-18-11)12(10)15(14(16)17)7-3-2-4-8-15/h5-6H,2-4,7-9H2,1H3,(H,16,17). The summed E-state index contributed by atoms with van der Waals surface area (Å²) in [7, 11) is 0. The molecule has 19 heavy (non-hydrogen) atoms. The monoisotopic (exact) mass is 262 g/mol. The fraction of sp³-hybridized carbons (Fsp3) is 0.533. The topological polar surface area (TPSA) is 55.8 Å². The smallest absolute Gasteiger partial charge is 0.314 e. The van der Waals surface area contributed by atoms with Crippen LogP contribution in [0.4, 0.5) is 0 Å². The molecule has 0 spiro atoms. The molecule has 0 atom stereocenters. The highest BCUT2D eigenvalue weighted by Gasteiger charge is 2.45. The molecule has 0 saturated heterocycles. The number of aryl methyl sites for hydroxylation is 1. The van der Waals surface area contributed by atoms with E-state index >= 15 is 0 Å². The van der Waals surface area contributed by atoms with E-state index in [1.54, 1.807) is 0 Å². The van der Waals surface area contributed by atoms with Crippen LogP contribution in [0.25, 0.3) is 0 Å². The summed E-state index contributed by atoms with van der Waals surface area (Å²) in [4.78, 5) is 11.9. The number of ether oxygens (including phenoxy) is 2. The zero-order valence-corrected chi connectivity index (χ0v) is 11.1. The number of carboxylic acid groups (broad SMARTS) is 1. The van der Waals surface area contributed by atoms with Crippen LogP contribution in [0.2, 0.25) is 0 Å². The highest BCUT2D eigenvalue weighted by Crippen LogP contribution is 2.49. The van der Waals surface area contributed by atoms with Gasteiger partial charge in [-0.05, 0) is 31.4 Å². The minimum atomic E-state index is -0.804. The molecule has 2 aliphatic rings. The molecule has 1 N–H and O–H groups in total. The van der Waals surface area contributed by atoms with Crippen molar-refractivity contribution in [2.75, 3.05) is 6.79 Å². The van der Waals surface area contributed by atoms with Crippen LogP contribution >= 0.6 is 0 Å². The molecule has 1 aliphatic carbocycles. The highest BCUT2D eigenvalue weighted by atomic mass is 16.7. The summed E-state index contributed by atoms with van der Waals surface area (Å²) in [5, 5.41) is 9.80. The van der Waals surface area contributed by atoms with E-state index in [1.165, 1.54) is 0 Å². The summed E-state index contributed by atoms with van der Waals surface area (Å²) in [5.41, 5.74) is 1.00. The number of aliphatic carboxylic acids is 1. The molecule has 3 rings (SSSR count). The Labute approximate surface area is 112 Å². The van der Waals surface area contributed by atoms with E-state index in [9.17, 15) is 9.90 Å². The van der Waals surface area contributed by atoms with Gasteiger partial charge in [0.2, 0.25) is 6.79 Å². The Kier molecular flexibility index (Phi) is 2.88. The maximum absolute atomic E-state index is 11.9. The molecule has 1 aliphatic heterocycles. The van der Waals surface area contributed by atoms with Crippen LogP contribution in [0.15, 0.2) is 12.1 Å². The van der Waals surface area contributed by atoms with Crippen LogP contribution in [-0.4, -0.2) is 17.9 Å². The van der Waals surface area contributed by atoms with Gasteiger partial charge < -0.3 is 14.6 Å². The molecule has 4 nitrogen and oxygen atoms in total. The van der Waals surface area contributed by atoms with E-state index in [-0.39, 0.29) is 6.79 Å². The Morgan fingerprint density at radius 1 is 1.21 bits per heavy atom. The van der Waals surface area contributed by atoms with Gasteiger partial charge in [0.1, 0.15) is 0 Å². The van der Waals surface area contributed by atoms with Crippen molar-refractivity contribution >= 4 is 5.97 Å². The first-order chi connectivity index (χ1) is 9.15. The Balaban J connectivity index is 2.18. The number of rotatable bonds is 2. The van der Waals surface area contributed by atoms with Crippen LogP contribution in [0.5, 0.6) is 11.5 Å². The Hall–Kier alpha value is -1.71.